The van der Waals surface area contributed by atoms with Crippen LogP contribution in [-0.4, -0.2) is 102 Å². The van der Waals surface area contributed by atoms with Crippen LogP contribution in [0.2, 0.25) is 0 Å². The number of rotatable bonds is 13. The molecule has 1 amide bonds. The summed E-state index contributed by atoms with van der Waals surface area (Å²) in [4.78, 5) is 71.8. The minimum atomic E-state index is -5.86. The standard InChI is InChI=1S/C21H30N7O17P3.4Na/c22-17-12-19(25-7-24-17)28(8-26-12)21-16(44-46(33,34)35)14(30)11(43-21)6-41-48(38,39)45-47(36,37)40-5-10-13(29)15(31)20(42-10)27-3-1-2-9(4-27)18(23)32;;;;/h1,3-4,7-8,10-11,13-16,20-21,29-31H,2,5-6H2,(H2,23,32)(H,36,37)(H,38,39)(H2,22,24,25)(H2,33,34,35);;;;/q;4*+1/p-4/t10-,11-,13+,14+,15-,16-,20-,21-;;;;/m1..../s1. The van der Waals surface area contributed by atoms with E-state index in [9.17, 15) is 53.4 Å². The Morgan fingerprint density at radius 3 is 2.06 bits per heavy atom. The van der Waals surface area contributed by atoms with Crippen molar-refractivity contribution in [2.75, 3.05) is 18.9 Å². The molecule has 3 aliphatic rings. The Balaban J connectivity index is 0.00000338. The Bertz CT molecular complexity index is 1760. The molecule has 0 bridgehead atoms. The molecule has 0 saturated carbocycles. The van der Waals surface area contributed by atoms with Gasteiger partial charge in [-0.2, -0.15) is 0 Å². The van der Waals surface area contributed by atoms with E-state index in [0.29, 0.717) is 0 Å². The molecule has 7 N–H and O–H groups in total. The molecule has 2 saturated heterocycles. The van der Waals surface area contributed by atoms with Gasteiger partial charge in [0.25, 0.3) is 15.6 Å². The van der Waals surface area contributed by atoms with E-state index in [2.05, 4.69) is 32.8 Å². The van der Waals surface area contributed by atoms with Crippen molar-refractivity contribution in [3.8, 4) is 0 Å². The number of carbonyl (C=O) groups is 1. The van der Waals surface area contributed by atoms with E-state index in [0.717, 1.165) is 17.2 Å². The van der Waals surface area contributed by atoms with Crippen molar-refractivity contribution in [2.45, 2.75) is 55.5 Å². The fraction of sp³-hybridized carbons (Fsp3) is 0.524. The topological polar surface area (TPSA) is 375 Å². The average molecular weight is 833 g/mol. The van der Waals surface area contributed by atoms with Crippen LogP contribution in [0.3, 0.4) is 0 Å². The Morgan fingerprint density at radius 2 is 1.48 bits per heavy atom. The van der Waals surface area contributed by atoms with Gasteiger partial charge in [0.2, 0.25) is 5.91 Å². The number of carbonyl (C=O) groups excluding carboxylic acids is 1. The van der Waals surface area contributed by atoms with Crippen molar-refractivity contribution in [1.29, 1.82) is 0 Å². The SMILES string of the molecule is NC(=O)C1=CN([C@@H]2O[C@H](COP(=O)([O-])OP(=O)([O-])OC[C@H]3O[C@@H](n4cnc5c(N)ncnc54)[C@H](OP(=O)([O-])[O-])[C@H]3O)[C@H](O)[C@H]2O)C=CC1.[Na+].[Na+].[Na+].[Na+]. The summed E-state index contributed by atoms with van der Waals surface area (Å²) in [6.45, 7) is -2.26. The van der Waals surface area contributed by atoms with E-state index in [1.165, 1.54) is 23.4 Å². The first-order chi connectivity index (χ1) is 22.4. The van der Waals surface area contributed by atoms with E-state index in [1.54, 1.807) is 0 Å². The summed E-state index contributed by atoms with van der Waals surface area (Å²) < 4.78 is 65.6. The van der Waals surface area contributed by atoms with Crippen LogP contribution in [0.15, 0.2) is 36.7 Å². The van der Waals surface area contributed by atoms with Gasteiger partial charge < -0.3 is 78.9 Å². The molecule has 0 radical (unpaired) electrons. The van der Waals surface area contributed by atoms with Gasteiger partial charge in [0, 0.05) is 18.0 Å². The van der Waals surface area contributed by atoms with Crippen LogP contribution in [0, 0.1) is 0 Å². The van der Waals surface area contributed by atoms with Crippen molar-refractivity contribution in [3.05, 3.63) is 36.7 Å². The fourth-order valence-corrected chi connectivity index (χ4v) is 7.45. The van der Waals surface area contributed by atoms with Gasteiger partial charge >= 0.3 is 118 Å². The molecule has 0 aromatic carbocycles. The summed E-state index contributed by atoms with van der Waals surface area (Å²) in [6, 6.07) is 0. The zero-order valence-electron chi connectivity index (χ0n) is 27.9. The molecule has 5 rings (SSSR count). The Labute approximate surface area is 382 Å². The number of aromatic nitrogens is 4. The summed E-state index contributed by atoms with van der Waals surface area (Å²) in [6.07, 6.45) is -7.38. The molecule has 2 fully saturated rings. The number of imidazole rings is 1. The van der Waals surface area contributed by atoms with E-state index < -0.39 is 91.7 Å². The number of phosphoric acid groups is 3. The third-order valence-electron chi connectivity index (χ3n) is 7.09. The number of hydrogen-bond donors (Lipinski definition) is 5. The average Bonchev–Trinajstić information content (AvgIpc) is 3.64. The van der Waals surface area contributed by atoms with Gasteiger partial charge in [0.15, 0.2) is 23.9 Å². The number of anilines is 1. The maximum atomic E-state index is 12.4. The van der Waals surface area contributed by atoms with Crippen LogP contribution in [0.1, 0.15) is 12.6 Å². The number of nitrogens with zero attached hydrogens (tertiary/aromatic N) is 5. The van der Waals surface area contributed by atoms with Crippen LogP contribution in [-0.2, 0) is 45.8 Å². The van der Waals surface area contributed by atoms with Crippen molar-refractivity contribution in [1.82, 2.24) is 24.4 Å². The number of amides is 1. The quantitative estimate of drug-likeness (QED) is 0.0924. The van der Waals surface area contributed by atoms with Gasteiger partial charge in [0.1, 0.15) is 48.5 Å². The van der Waals surface area contributed by atoms with Crippen molar-refractivity contribution >= 4 is 46.4 Å². The molecule has 31 heteroatoms. The van der Waals surface area contributed by atoms with Crippen LogP contribution in [0.25, 0.3) is 11.2 Å². The van der Waals surface area contributed by atoms with Gasteiger partial charge in [-0.25, -0.2) is 19.3 Å². The molecule has 266 valence electrons. The predicted molar refractivity (Wildman–Crippen MR) is 144 cm³/mol. The minimum Gasteiger partial charge on any atom is -0.790 e. The maximum absolute atomic E-state index is 12.4. The molecule has 3 aliphatic heterocycles. The second-order valence-corrected chi connectivity index (χ2v) is 14.4. The number of fused-ring (bicyclic) bond motifs is 1. The van der Waals surface area contributed by atoms with Gasteiger partial charge in [-0.3, -0.25) is 18.5 Å². The number of ether oxygens (including phenoxy) is 2. The molecule has 0 aliphatic carbocycles. The minimum absolute atomic E-state index is 0. The van der Waals surface area contributed by atoms with Crippen LogP contribution >= 0.6 is 23.5 Å². The molecular formula is C21H26N7Na4O17P3. The maximum Gasteiger partial charge on any atom is 1.00 e. The zero-order chi connectivity index (χ0) is 35.2. The van der Waals surface area contributed by atoms with Gasteiger partial charge in [-0.1, -0.05) is 6.08 Å². The third-order valence-corrected chi connectivity index (χ3v) is 10.1. The van der Waals surface area contributed by atoms with Crippen molar-refractivity contribution < 1.29 is 199 Å². The molecule has 24 nitrogen and oxygen atoms in total. The second kappa shape index (κ2) is 20.8. The molecule has 2 unspecified atom stereocenters. The zero-order valence-corrected chi connectivity index (χ0v) is 38.6. The Kier molecular flexibility index (Phi) is 20.5. The number of nitrogen functional groups attached to an aromatic ring is 1. The summed E-state index contributed by atoms with van der Waals surface area (Å²) in [5, 5.41) is 31.4. The number of allylic oxidation sites excluding steroid dienone is 1. The van der Waals surface area contributed by atoms with E-state index in [-0.39, 0.29) is 147 Å². The summed E-state index contributed by atoms with van der Waals surface area (Å²) >= 11 is 0. The first-order valence-corrected chi connectivity index (χ1v) is 17.8. The van der Waals surface area contributed by atoms with E-state index in [1.807, 2.05) is 0 Å². The van der Waals surface area contributed by atoms with Gasteiger partial charge in [0.05, 0.1) is 27.4 Å². The number of aliphatic hydroxyl groups excluding tert-OH is 3. The van der Waals surface area contributed by atoms with E-state index in [4.69, 9.17) is 20.9 Å². The summed E-state index contributed by atoms with van der Waals surface area (Å²) in [5.41, 5.74) is 11.1. The number of aliphatic hydroxyl groups is 3. The number of nitrogens with two attached hydrogens (primary N) is 2. The van der Waals surface area contributed by atoms with Gasteiger partial charge in [-0.05, 0) is 6.42 Å². The number of phosphoric ester groups is 3. The van der Waals surface area contributed by atoms with E-state index >= 15 is 0 Å². The Morgan fingerprint density at radius 1 is 0.904 bits per heavy atom. The van der Waals surface area contributed by atoms with Crippen LogP contribution < -0.4 is 149 Å². The predicted octanol–water partition coefficient (Wildman–Crippen LogP) is -17.1. The number of hydrogen-bond acceptors (Lipinski definition) is 22. The van der Waals surface area contributed by atoms with Crippen molar-refractivity contribution in [3.63, 3.8) is 0 Å². The largest absolute Gasteiger partial charge is 1.00 e. The molecule has 0 spiro atoms. The monoisotopic (exact) mass is 833 g/mol. The molecule has 52 heavy (non-hydrogen) atoms. The van der Waals surface area contributed by atoms with Crippen LogP contribution in [0.4, 0.5) is 5.82 Å². The summed E-state index contributed by atoms with van der Waals surface area (Å²) in [7, 11) is -17.4. The molecule has 2 aromatic heterocycles. The first kappa shape index (κ1) is 51.3. The molecule has 2 aromatic rings. The molecular weight excluding hydrogens is 807 g/mol. The first-order valence-electron chi connectivity index (χ1n) is 13.4. The van der Waals surface area contributed by atoms with Crippen LogP contribution in [0.5, 0.6) is 0 Å². The fourth-order valence-electron chi connectivity index (χ4n) is 4.91. The molecule has 10 atom stereocenters. The molecule has 5 heterocycles. The third kappa shape index (κ3) is 12.6. The normalized spacial score (nSPS) is 29.4. The summed E-state index contributed by atoms with van der Waals surface area (Å²) in [5.74, 6) is -0.849. The van der Waals surface area contributed by atoms with Gasteiger partial charge in [-0.15, -0.1) is 0 Å². The van der Waals surface area contributed by atoms with Crippen molar-refractivity contribution in [2.24, 2.45) is 5.73 Å². The Hall–Kier alpha value is 1.27. The number of primary amides is 1. The smallest absolute Gasteiger partial charge is 0.790 e. The second-order valence-electron chi connectivity index (χ2n) is 10.3.